The molecule has 0 atom stereocenters. The number of hydrogen-bond donors (Lipinski definition) is 0. The Morgan fingerprint density at radius 2 is 1.56 bits per heavy atom. The fraction of sp³-hybridized carbons (Fsp3) is 0.304. The first-order chi connectivity index (χ1) is 15.4. The second kappa shape index (κ2) is 9.13. The van der Waals surface area contributed by atoms with Gasteiger partial charge in [-0.15, -0.1) is 10.2 Å². The molecule has 0 unspecified atom stereocenters. The van der Waals surface area contributed by atoms with Crippen LogP contribution in [0.25, 0.3) is 11.3 Å². The lowest BCUT2D eigenvalue weighted by molar-refractivity contribution is 0.383. The Bertz CT molecular complexity index is 1170. The third-order valence-corrected chi connectivity index (χ3v) is 7.47. The predicted molar refractivity (Wildman–Crippen MR) is 123 cm³/mol. The molecule has 0 amide bonds. The maximum absolute atomic E-state index is 12.9. The van der Waals surface area contributed by atoms with E-state index in [1.807, 2.05) is 54.3 Å². The fourth-order valence-electron chi connectivity index (χ4n) is 3.67. The Morgan fingerprint density at radius 3 is 2.16 bits per heavy atom. The van der Waals surface area contributed by atoms with Gasteiger partial charge in [0.15, 0.2) is 5.82 Å². The summed E-state index contributed by atoms with van der Waals surface area (Å²) in [6.45, 7) is 3.81. The van der Waals surface area contributed by atoms with Gasteiger partial charge in [-0.2, -0.15) is 4.31 Å². The standard InChI is InChI=1S/C23H26N4O4S/c1-17-4-7-19(8-5-17)32(28,29)27-14-12-26(13-15-27)23-11-9-21(24-25-23)20-16-18(30-2)6-10-22(20)31-3/h4-11,16H,12-15H2,1-3H3. The summed E-state index contributed by atoms with van der Waals surface area (Å²) >= 11 is 0. The number of ether oxygens (including phenoxy) is 2. The number of rotatable bonds is 6. The zero-order valence-corrected chi connectivity index (χ0v) is 19.2. The molecule has 0 bridgehead atoms. The van der Waals surface area contributed by atoms with Crippen LogP contribution < -0.4 is 14.4 Å². The van der Waals surface area contributed by atoms with Gasteiger partial charge in [0.25, 0.3) is 0 Å². The summed E-state index contributed by atoms with van der Waals surface area (Å²) in [6.07, 6.45) is 0. The van der Waals surface area contributed by atoms with Crippen molar-refractivity contribution < 1.29 is 17.9 Å². The molecule has 2 aromatic carbocycles. The van der Waals surface area contributed by atoms with Gasteiger partial charge in [0.1, 0.15) is 11.5 Å². The molecule has 0 saturated carbocycles. The lowest BCUT2D eigenvalue weighted by atomic mass is 10.1. The summed E-state index contributed by atoms with van der Waals surface area (Å²) in [7, 11) is -0.278. The average Bonchev–Trinajstić information content (AvgIpc) is 2.84. The molecule has 3 aromatic rings. The van der Waals surface area contributed by atoms with E-state index in [0.717, 1.165) is 11.1 Å². The van der Waals surface area contributed by atoms with Gasteiger partial charge in [0.05, 0.1) is 24.8 Å². The van der Waals surface area contributed by atoms with E-state index in [9.17, 15) is 8.42 Å². The number of aryl methyl sites for hydroxylation is 1. The molecule has 0 N–H and O–H groups in total. The van der Waals surface area contributed by atoms with Crippen molar-refractivity contribution in [2.75, 3.05) is 45.3 Å². The maximum atomic E-state index is 12.9. The molecule has 1 aromatic heterocycles. The summed E-state index contributed by atoms with van der Waals surface area (Å²) < 4.78 is 38.1. The first-order valence-electron chi connectivity index (χ1n) is 10.3. The van der Waals surface area contributed by atoms with Crippen LogP contribution in [0.2, 0.25) is 0 Å². The minimum atomic E-state index is -3.50. The van der Waals surface area contributed by atoms with Crippen LogP contribution >= 0.6 is 0 Å². The number of aromatic nitrogens is 2. The van der Waals surface area contributed by atoms with E-state index in [-0.39, 0.29) is 0 Å². The van der Waals surface area contributed by atoms with E-state index in [1.165, 1.54) is 4.31 Å². The first kappa shape index (κ1) is 22.0. The van der Waals surface area contributed by atoms with E-state index < -0.39 is 10.0 Å². The summed E-state index contributed by atoms with van der Waals surface area (Å²) in [5.74, 6) is 2.10. The Kier molecular flexibility index (Phi) is 6.29. The van der Waals surface area contributed by atoms with E-state index in [2.05, 4.69) is 10.2 Å². The molecule has 1 fully saturated rings. The van der Waals surface area contributed by atoms with Crippen LogP contribution in [0.15, 0.2) is 59.5 Å². The van der Waals surface area contributed by atoms with Crippen molar-refractivity contribution in [3.63, 3.8) is 0 Å². The largest absolute Gasteiger partial charge is 0.497 e. The quantitative estimate of drug-likeness (QED) is 0.566. The van der Waals surface area contributed by atoms with Crippen LogP contribution in [0.3, 0.4) is 0 Å². The van der Waals surface area contributed by atoms with Crippen molar-refractivity contribution in [2.45, 2.75) is 11.8 Å². The highest BCUT2D eigenvalue weighted by atomic mass is 32.2. The lowest BCUT2D eigenvalue weighted by Gasteiger charge is -2.34. The molecule has 1 saturated heterocycles. The zero-order chi connectivity index (χ0) is 22.7. The van der Waals surface area contributed by atoms with Crippen LogP contribution in [0.4, 0.5) is 5.82 Å². The normalized spacial score (nSPS) is 14.9. The minimum absolute atomic E-state index is 0.327. The zero-order valence-electron chi connectivity index (χ0n) is 18.4. The number of sulfonamides is 1. The average molecular weight is 455 g/mol. The van der Waals surface area contributed by atoms with Crippen molar-refractivity contribution >= 4 is 15.8 Å². The maximum Gasteiger partial charge on any atom is 0.243 e. The molecule has 0 aliphatic carbocycles. The van der Waals surface area contributed by atoms with E-state index >= 15 is 0 Å². The molecule has 168 valence electrons. The number of hydrogen-bond acceptors (Lipinski definition) is 7. The molecule has 0 spiro atoms. The molecular formula is C23H26N4O4S. The SMILES string of the molecule is COc1ccc(OC)c(-c2ccc(N3CCN(S(=O)(=O)c4ccc(C)cc4)CC3)nn2)c1. The van der Waals surface area contributed by atoms with Crippen LogP contribution in [-0.4, -0.2) is 63.3 Å². The molecular weight excluding hydrogens is 428 g/mol. The van der Waals surface area contributed by atoms with Gasteiger partial charge in [-0.1, -0.05) is 17.7 Å². The Labute approximate surface area is 188 Å². The molecule has 0 radical (unpaired) electrons. The lowest BCUT2D eigenvalue weighted by Crippen LogP contribution is -2.49. The number of benzene rings is 2. The minimum Gasteiger partial charge on any atom is -0.497 e. The van der Waals surface area contributed by atoms with Crippen molar-refractivity contribution in [3.05, 3.63) is 60.2 Å². The van der Waals surface area contributed by atoms with Gasteiger partial charge in [0, 0.05) is 31.7 Å². The van der Waals surface area contributed by atoms with Crippen molar-refractivity contribution in [3.8, 4) is 22.8 Å². The van der Waals surface area contributed by atoms with E-state index in [4.69, 9.17) is 9.47 Å². The molecule has 2 heterocycles. The summed E-state index contributed by atoms with van der Waals surface area (Å²) in [5, 5.41) is 8.75. The number of methoxy groups -OCH3 is 2. The Balaban J connectivity index is 1.46. The van der Waals surface area contributed by atoms with Gasteiger partial charge in [-0.3, -0.25) is 0 Å². The molecule has 4 rings (SSSR count). The van der Waals surface area contributed by atoms with Crippen molar-refractivity contribution in [2.24, 2.45) is 0 Å². The predicted octanol–water partition coefficient (Wildman–Crippen LogP) is 2.98. The summed E-state index contributed by atoms with van der Waals surface area (Å²) in [4.78, 5) is 2.37. The monoisotopic (exact) mass is 454 g/mol. The molecule has 1 aliphatic heterocycles. The second-order valence-electron chi connectivity index (χ2n) is 7.55. The van der Waals surface area contributed by atoms with Crippen molar-refractivity contribution in [1.82, 2.24) is 14.5 Å². The van der Waals surface area contributed by atoms with Crippen LogP contribution in [-0.2, 0) is 10.0 Å². The highest BCUT2D eigenvalue weighted by molar-refractivity contribution is 7.89. The second-order valence-corrected chi connectivity index (χ2v) is 9.49. The Hall–Kier alpha value is -3.17. The number of piperazine rings is 1. The first-order valence-corrected chi connectivity index (χ1v) is 11.7. The fourth-order valence-corrected chi connectivity index (χ4v) is 5.09. The van der Waals surface area contributed by atoms with Gasteiger partial charge in [-0.25, -0.2) is 8.42 Å². The third kappa shape index (κ3) is 4.39. The van der Waals surface area contributed by atoms with Crippen molar-refractivity contribution in [1.29, 1.82) is 0 Å². The topological polar surface area (TPSA) is 84.9 Å². The smallest absolute Gasteiger partial charge is 0.243 e. The highest BCUT2D eigenvalue weighted by Gasteiger charge is 2.29. The van der Waals surface area contributed by atoms with Gasteiger partial charge >= 0.3 is 0 Å². The van der Waals surface area contributed by atoms with Crippen LogP contribution in [0.1, 0.15) is 5.56 Å². The van der Waals surface area contributed by atoms with Gasteiger partial charge in [0.2, 0.25) is 10.0 Å². The van der Waals surface area contributed by atoms with Crippen LogP contribution in [0.5, 0.6) is 11.5 Å². The summed E-state index contributed by atoms with van der Waals surface area (Å²) in [5.41, 5.74) is 2.49. The molecule has 8 nitrogen and oxygen atoms in total. The number of anilines is 1. The molecule has 9 heteroatoms. The van der Waals surface area contributed by atoms with Gasteiger partial charge < -0.3 is 14.4 Å². The molecule has 1 aliphatic rings. The summed E-state index contributed by atoms with van der Waals surface area (Å²) in [6, 6.07) is 16.3. The van der Waals surface area contributed by atoms with E-state index in [1.54, 1.807) is 26.4 Å². The number of nitrogens with zero attached hydrogens (tertiary/aromatic N) is 4. The Morgan fingerprint density at radius 1 is 0.844 bits per heavy atom. The van der Waals surface area contributed by atoms with Gasteiger partial charge in [-0.05, 0) is 49.4 Å². The molecule has 32 heavy (non-hydrogen) atoms. The highest BCUT2D eigenvalue weighted by Crippen LogP contribution is 2.32. The van der Waals surface area contributed by atoms with Crippen LogP contribution in [0, 0.1) is 6.92 Å². The third-order valence-electron chi connectivity index (χ3n) is 5.55. The van der Waals surface area contributed by atoms with E-state index in [0.29, 0.717) is 54.1 Å².